The van der Waals surface area contributed by atoms with Crippen LogP contribution in [-0.4, -0.2) is 34.0 Å². The SMILES string of the molecule is O=C(N[C@@H]1C[C@H]2CC[C@@H]1N2)c1ncc(F)c(Cl)n1. The molecule has 0 unspecified atom stereocenters. The molecule has 7 heteroatoms. The Balaban J connectivity index is 1.69. The number of aromatic nitrogens is 2. The Morgan fingerprint density at radius 3 is 3.00 bits per heavy atom. The maximum Gasteiger partial charge on any atom is 0.289 e. The van der Waals surface area contributed by atoms with E-state index in [4.69, 9.17) is 11.6 Å². The number of fused-ring (bicyclic) bond motifs is 2. The fourth-order valence-electron chi connectivity index (χ4n) is 2.67. The van der Waals surface area contributed by atoms with Gasteiger partial charge < -0.3 is 10.6 Å². The van der Waals surface area contributed by atoms with Crippen LogP contribution in [-0.2, 0) is 0 Å². The van der Waals surface area contributed by atoms with Crippen LogP contribution in [0.15, 0.2) is 6.20 Å². The summed E-state index contributed by atoms with van der Waals surface area (Å²) in [5.41, 5.74) is 0. The fourth-order valence-corrected chi connectivity index (χ4v) is 2.80. The van der Waals surface area contributed by atoms with Crippen LogP contribution in [0.1, 0.15) is 29.9 Å². The van der Waals surface area contributed by atoms with Gasteiger partial charge in [0.25, 0.3) is 5.91 Å². The third-order valence-electron chi connectivity index (χ3n) is 3.52. The second-order valence-electron chi connectivity index (χ2n) is 4.70. The zero-order valence-electron chi connectivity index (χ0n) is 9.49. The molecule has 3 heterocycles. The molecule has 3 rings (SSSR count). The molecule has 1 aromatic rings. The van der Waals surface area contributed by atoms with Crippen LogP contribution >= 0.6 is 11.6 Å². The van der Waals surface area contributed by atoms with Gasteiger partial charge in [-0.25, -0.2) is 14.4 Å². The van der Waals surface area contributed by atoms with Gasteiger partial charge in [-0.3, -0.25) is 4.79 Å². The van der Waals surface area contributed by atoms with Crippen LogP contribution in [0.4, 0.5) is 4.39 Å². The van der Waals surface area contributed by atoms with Crippen molar-refractivity contribution < 1.29 is 9.18 Å². The second-order valence-corrected chi connectivity index (χ2v) is 5.05. The highest BCUT2D eigenvalue weighted by molar-refractivity contribution is 6.29. The van der Waals surface area contributed by atoms with Crippen LogP contribution in [0, 0.1) is 5.82 Å². The van der Waals surface area contributed by atoms with E-state index in [1.807, 2.05) is 0 Å². The molecule has 0 radical (unpaired) electrons. The Morgan fingerprint density at radius 2 is 2.39 bits per heavy atom. The second kappa shape index (κ2) is 4.44. The first-order chi connectivity index (χ1) is 8.63. The molecule has 2 bridgehead atoms. The molecule has 2 aliphatic rings. The molecule has 3 atom stereocenters. The Morgan fingerprint density at radius 1 is 1.56 bits per heavy atom. The van der Waals surface area contributed by atoms with Crippen molar-refractivity contribution in [1.82, 2.24) is 20.6 Å². The summed E-state index contributed by atoms with van der Waals surface area (Å²) in [5, 5.41) is 5.95. The maximum atomic E-state index is 12.9. The Labute approximate surface area is 108 Å². The van der Waals surface area contributed by atoms with Crippen molar-refractivity contribution >= 4 is 17.5 Å². The summed E-state index contributed by atoms with van der Waals surface area (Å²) in [7, 11) is 0. The third-order valence-corrected chi connectivity index (χ3v) is 3.79. The van der Waals surface area contributed by atoms with Crippen molar-refractivity contribution in [2.75, 3.05) is 0 Å². The van der Waals surface area contributed by atoms with Crippen molar-refractivity contribution in [2.45, 2.75) is 37.4 Å². The van der Waals surface area contributed by atoms with Gasteiger partial charge >= 0.3 is 0 Å². The molecule has 96 valence electrons. The molecular weight excluding hydrogens is 259 g/mol. The summed E-state index contributed by atoms with van der Waals surface area (Å²) in [5.74, 6) is -1.23. The van der Waals surface area contributed by atoms with Crippen LogP contribution in [0.25, 0.3) is 0 Å². The van der Waals surface area contributed by atoms with Crippen LogP contribution in [0.2, 0.25) is 5.15 Å². The van der Waals surface area contributed by atoms with E-state index >= 15 is 0 Å². The lowest BCUT2D eigenvalue weighted by Gasteiger charge is -2.20. The van der Waals surface area contributed by atoms with Crippen molar-refractivity contribution in [2.24, 2.45) is 0 Å². The van der Waals surface area contributed by atoms with Crippen LogP contribution in [0.3, 0.4) is 0 Å². The molecule has 1 amide bonds. The minimum absolute atomic E-state index is 0.0934. The van der Waals surface area contributed by atoms with E-state index in [1.165, 1.54) is 0 Å². The average Bonchev–Trinajstić information content (AvgIpc) is 2.94. The van der Waals surface area contributed by atoms with E-state index in [2.05, 4.69) is 20.6 Å². The highest BCUT2D eigenvalue weighted by atomic mass is 35.5. The lowest BCUT2D eigenvalue weighted by atomic mass is 9.95. The Kier molecular flexibility index (Phi) is 2.91. The molecule has 0 aromatic carbocycles. The number of rotatable bonds is 2. The highest BCUT2D eigenvalue weighted by Gasteiger charge is 2.39. The van der Waals surface area contributed by atoms with Gasteiger partial charge in [0.2, 0.25) is 5.82 Å². The van der Waals surface area contributed by atoms with Gasteiger partial charge in [0, 0.05) is 18.1 Å². The predicted molar refractivity (Wildman–Crippen MR) is 62.8 cm³/mol. The van der Waals surface area contributed by atoms with Gasteiger partial charge in [-0.1, -0.05) is 11.6 Å². The summed E-state index contributed by atoms with van der Waals surface area (Å²) < 4.78 is 12.9. The van der Waals surface area contributed by atoms with Crippen molar-refractivity contribution in [3.8, 4) is 0 Å². The molecule has 0 aliphatic carbocycles. The van der Waals surface area contributed by atoms with E-state index in [9.17, 15) is 9.18 Å². The number of hydrogen-bond acceptors (Lipinski definition) is 4. The number of halogens is 2. The fraction of sp³-hybridized carbons (Fsp3) is 0.545. The molecule has 0 spiro atoms. The first-order valence-electron chi connectivity index (χ1n) is 5.88. The molecule has 18 heavy (non-hydrogen) atoms. The highest BCUT2D eigenvalue weighted by Crippen LogP contribution is 2.28. The summed E-state index contributed by atoms with van der Waals surface area (Å²) in [4.78, 5) is 19.2. The topological polar surface area (TPSA) is 66.9 Å². The molecule has 1 aromatic heterocycles. The minimum Gasteiger partial charge on any atom is -0.345 e. The molecule has 2 aliphatic heterocycles. The van der Waals surface area contributed by atoms with Gasteiger partial charge in [-0.2, -0.15) is 0 Å². The maximum absolute atomic E-state index is 12.9. The Bertz CT molecular complexity index is 498. The molecule has 0 saturated carbocycles. The summed E-state index contributed by atoms with van der Waals surface area (Å²) in [6.07, 6.45) is 4.06. The van der Waals surface area contributed by atoms with E-state index in [0.29, 0.717) is 12.1 Å². The number of carbonyl (C=O) groups excluding carboxylic acids is 1. The molecule has 2 saturated heterocycles. The third kappa shape index (κ3) is 2.06. The van der Waals surface area contributed by atoms with Gasteiger partial charge in [-0.05, 0) is 19.3 Å². The van der Waals surface area contributed by atoms with Crippen molar-refractivity contribution in [3.63, 3.8) is 0 Å². The number of nitrogens with zero attached hydrogens (tertiary/aromatic N) is 2. The number of amides is 1. The number of nitrogens with one attached hydrogen (secondary N) is 2. The summed E-state index contributed by atoms with van der Waals surface area (Å²) >= 11 is 5.52. The largest absolute Gasteiger partial charge is 0.345 e. The van der Waals surface area contributed by atoms with Crippen molar-refractivity contribution in [1.29, 1.82) is 0 Å². The lowest BCUT2D eigenvalue weighted by Crippen LogP contribution is -2.43. The van der Waals surface area contributed by atoms with Crippen LogP contribution in [0.5, 0.6) is 0 Å². The quantitative estimate of drug-likeness (QED) is 0.784. The van der Waals surface area contributed by atoms with Gasteiger partial charge in [0.1, 0.15) is 0 Å². The zero-order valence-corrected chi connectivity index (χ0v) is 10.2. The first-order valence-corrected chi connectivity index (χ1v) is 6.26. The van der Waals surface area contributed by atoms with E-state index in [0.717, 1.165) is 25.5 Å². The summed E-state index contributed by atoms with van der Waals surface area (Å²) in [6, 6.07) is 0.927. The van der Waals surface area contributed by atoms with E-state index in [1.54, 1.807) is 0 Å². The van der Waals surface area contributed by atoms with Crippen molar-refractivity contribution in [3.05, 3.63) is 23.0 Å². The van der Waals surface area contributed by atoms with Gasteiger partial charge in [-0.15, -0.1) is 0 Å². The number of carbonyl (C=O) groups is 1. The molecule has 5 nitrogen and oxygen atoms in total. The predicted octanol–water partition coefficient (Wildman–Crippen LogP) is 0.892. The Hall–Kier alpha value is -1.27. The molecule has 2 N–H and O–H groups in total. The average molecular weight is 271 g/mol. The van der Waals surface area contributed by atoms with Gasteiger partial charge in [0.05, 0.1) is 6.20 Å². The number of hydrogen-bond donors (Lipinski definition) is 2. The standard InChI is InChI=1S/C11H12ClFN4O/c12-9-6(13)4-14-10(17-9)11(18)16-8-3-5-1-2-7(8)15-5/h4-5,7-8,15H,1-3H2,(H,16,18)/t5-,7+,8-/m1/s1. The minimum atomic E-state index is -0.727. The molecular formula is C11H12ClFN4O. The monoisotopic (exact) mass is 270 g/mol. The van der Waals surface area contributed by atoms with E-state index < -0.39 is 11.7 Å². The zero-order chi connectivity index (χ0) is 12.7. The normalized spacial score (nSPS) is 29.6. The van der Waals surface area contributed by atoms with Crippen LogP contribution < -0.4 is 10.6 Å². The first kappa shape index (κ1) is 11.8. The smallest absolute Gasteiger partial charge is 0.289 e. The molecule has 2 fully saturated rings. The summed E-state index contributed by atoms with van der Waals surface area (Å²) in [6.45, 7) is 0. The van der Waals surface area contributed by atoms with Gasteiger partial charge in [0.15, 0.2) is 11.0 Å². The van der Waals surface area contributed by atoms with E-state index in [-0.39, 0.29) is 17.0 Å². The lowest BCUT2D eigenvalue weighted by molar-refractivity contribution is 0.0920.